The lowest BCUT2D eigenvalue weighted by Gasteiger charge is -2.27. The SMILES string of the molecule is COc1cc([C@H]2NC(=O)c3c(sc4c3CC[NH+](C)C4)N2)ccc1OC(=O)c1ccccc1Cl. The van der Waals surface area contributed by atoms with Crippen molar-refractivity contribution in [2.24, 2.45) is 0 Å². The molecule has 9 heteroatoms. The fraction of sp³-hybridized carbons (Fsp3) is 0.250. The van der Waals surface area contributed by atoms with Crippen molar-refractivity contribution in [3.05, 3.63) is 74.6 Å². The number of anilines is 1. The Morgan fingerprint density at radius 2 is 2.00 bits per heavy atom. The Hall–Kier alpha value is -3.07. The van der Waals surface area contributed by atoms with Gasteiger partial charge in [0.2, 0.25) is 0 Å². The molecule has 5 rings (SSSR count). The molecule has 3 aromatic rings. The predicted molar refractivity (Wildman–Crippen MR) is 127 cm³/mol. The van der Waals surface area contributed by atoms with Crippen molar-refractivity contribution < 1.29 is 24.0 Å². The lowest BCUT2D eigenvalue weighted by molar-refractivity contribution is -0.895. The van der Waals surface area contributed by atoms with Crippen LogP contribution in [0, 0.1) is 0 Å². The predicted octanol–water partition coefficient (Wildman–Crippen LogP) is 3.05. The van der Waals surface area contributed by atoms with Crippen molar-refractivity contribution in [3.8, 4) is 11.5 Å². The molecule has 0 fully saturated rings. The normalized spacial score (nSPS) is 19.1. The quantitative estimate of drug-likeness (QED) is 0.392. The fourth-order valence-electron chi connectivity index (χ4n) is 4.23. The number of hydrogen-bond acceptors (Lipinski definition) is 6. The van der Waals surface area contributed by atoms with Gasteiger partial charge in [-0.2, -0.15) is 0 Å². The van der Waals surface area contributed by atoms with Crippen LogP contribution in [-0.2, 0) is 13.0 Å². The number of quaternary nitrogens is 1. The molecule has 3 N–H and O–H groups in total. The van der Waals surface area contributed by atoms with Crippen molar-refractivity contribution in [1.82, 2.24) is 5.32 Å². The smallest absolute Gasteiger partial charge is 0.345 e. The zero-order valence-electron chi connectivity index (χ0n) is 18.2. The number of amides is 1. The average molecular weight is 485 g/mol. The maximum absolute atomic E-state index is 13.0. The number of fused-ring (bicyclic) bond motifs is 3. The van der Waals surface area contributed by atoms with Crippen LogP contribution in [0.4, 0.5) is 5.00 Å². The van der Waals surface area contributed by atoms with Crippen LogP contribution in [0.3, 0.4) is 0 Å². The van der Waals surface area contributed by atoms with Gasteiger partial charge in [-0.3, -0.25) is 4.79 Å². The molecule has 0 saturated heterocycles. The Balaban J connectivity index is 1.39. The second kappa shape index (κ2) is 8.70. The molecule has 2 aliphatic rings. The third kappa shape index (κ3) is 4.06. The number of carbonyl (C=O) groups excluding carboxylic acids is 2. The Labute approximate surface area is 200 Å². The van der Waals surface area contributed by atoms with Crippen LogP contribution in [0.2, 0.25) is 5.02 Å². The Kier molecular flexibility index (Phi) is 5.74. The molecule has 1 unspecified atom stereocenters. The summed E-state index contributed by atoms with van der Waals surface area (Å²) in [5.74, 6) is 0.00712. The van der Waals surface area contributed by atoms with E-state index in [2.05, 4.69) is 17.7 Å². The van der Waals surface area contributed by atoms with Crippen molar-refractivity contribution >= 4 is 39.8 Å². The van der Waals surface area contributed by atoms with Crippen molar-refractivity contribution in [3.63, 3.8) is 0 Å². The van der Waals surface area contributed by atoms with Crippen molar-refractivity contribution in [2.45, 2.75) is 19.1 Å². The number of rotatable bonds is 4. The minimum Gasteiger partial charge on any atom is -0.493 e. The number of benzene rings is 2. The maximum atomic E-state index is 13.0. The van der Waals surface area contributed by atoms with Crippen LogP contribution in [0.25, 0.3) is 0 Å². The molecule has 170 valence electrons. The van der Waals surface area contributed by atoms with Gasteiger partial charge in [0.25, 0.3) is 5.91 Å². The highest BCUT2D eigenvalue weighted by Crippen LogP contribution is 2.40. The number of esters is 1. The van der Waals surface area contributed by atoms with E-state index >= 15 is 0 Å². The first-order chi connectivity index (χ1) is 15.9. The minimum absolute atomic E-state index is 0.0704. The molecular weight excluding hydrogens is 462 g/mol. The van der Waals surface area contributed by atoms with E-state index < -0.39 is 12.1 Å². The van der Waals surface area contributed by atoms with Gasteiger partial charge in [0.05, 0.1) is 41.7 Å². The monoisotopic (exact) mass is 484 g/mol. The lowest BCUT2D eigenvalue weighted by Crippen LogP contribution is -3.08. The second-order valence-corrected chi connectivity index (χ2v) is 9.68. The van der Waals surface area contributed by atoms with Crippen LogP contribution in [0.15, 0.2) is 42.5 Å². The van der Waals surface area contributed by atoms with Gasteiger partial charge in [0.1, 0.15) is 17.7 Å². The summed E-state index contributed by atoms with van der Waals surface area (Å²) >= 11 is 7.76. The number of ether oxygens (including phenoxy) is 2. The highest BCUT2D eigenvalue weighted by molar-refractivity contribution is 7.16. The Bertz CT molecular complexity index is 1260. The van der Waals surface area contributed by atoms with E-state index in [9.17, 15) is 9.59 Å². The number of thiophene rings is 1. The highest BCUT2D eigenvalue weighted by atomic mass is 35.5. The molecule has 3 heterocycles. The third-order valence-corrected chi connectivity index (χ3v) is 7.44. The van der Waals surface area contributed by atoms with Gasteiger partial charge in [-0.15, -0.1) is 11.3 Å². The van der Waals surface area contributed by atoms with E-state index in [4.69, 9.17) is 21.1 Å². The van der Waals surface area contributed by atoms with Gasteiger partial charge in [0, 0.05) is 6.42 Å². The molecule has 1 aromatic heterocycles. The Morgan fingerprint density at radius 3 is 2.79 bits per heavy atom. The molecule has 0 bridgehead atoms. The number of carbonyl (C=O) groups is 2. The van der Waals surface area contributed by atoms with Crippen molar-refractivity contribution in [1.29, 1.82) is 0 Å². The summed E-state index contributed by atoms with van der Waals surface area (Å²) in [7, 11) is 3.67. The summed E-state index contributed by atoms with van der Waals surface area (Å²) in [6.45, 7) is 1.96. The van der Waals surface area contributed by atoms with Gasteiger partial charge < -0.3 is 25.0 Å². The third-order valence-electron chi connectivity index (χ3n) is 5.95. The average Bonchev–Trinajstić information content (AvgIpc) is 3.17. The number of halogens is 1. The second-order valence-electron chi connectivity index (χ2n) is 8.17. The van der Waals surface area contributed by atoms with E-state index in [1.54, 1.807) is 53.8 Å². The van der Waals surface area contributed by atoms with Crippen LogP contribution < -0.4 is 25.0 Å². The molecule has 2 atom stereocenters. The summed E-state index contributed by atoms with van der Waals surface area (Å²) in [5.41, 5.74) is 3.00. The van der Waals surface area contributed by atoms with Gasteiger partial charge in [-0.05, 0) is 35.4 Å². The fourth-order valence-corrected chi connectivity index (χ4v) is 5.83. The number of methoxy groups -OCH3 is 1. The first-order valence-electron chi connectivity index (χ1n) is 10.6. The highest BCUT2D eigenvalue weighted by Gasteiger charge is 2.34. The van der Waals surface area contributed by atoms with Crippen LogP contribution >= 0.6 is 22.9 Å². The number of likely N-dealkylation sites (N-methyl/N-ethyl adjacent to an activating group) is 1. The van der Waals surface area contributed by atoms with Gasteiger partial charge in [0.15, 0.2) is 11.5 Å². The molecular formula is C24H23ClN3O4S+. The standard InChI is InChI=1S/C24H22ClN3O4S/c1-28-10-9-15-19(12-28)33-23-20(15)22(29)26-21(27-23)13-7-8-17(18(11-13)31-2)32-24(30)14-5-3-4-6-16(14)25/h3-8,11,21,27H,9-10,12H2,1-2H3,(H,26,29)/p+1/t21-/m0/s1. The van der Waals surface area contributed by atoms with E-state index in [1.165, 1.54) is 22.5 Å². The summed E-state index contributed by atoms with van der Waals surface area (Å²) in [6, 6.07) is 11.9. The molecule has 0 aliphatic carbocycles. The molecule has 2 aliphatic heterocycles. The molecule has 33 heavy (non-hydrogen) atoms. The van der Waals surface area contributed by atoms with Gasteiger partial charge in [-0.1, -0.05) is 29.8 Å². The van der Waals surface area contributed by atoms with E-state index in [0.29, 0.717) is 10.8 Å². The van der Waals surface area contributed by atoms with Crippen LogP contribution in [0.1, 0.15) is 42.9 Å². The van der Waals surface area contributed by atoms with Crippen molar-refractivity contribution in [2.75, 3.05) is 26.0 Å². The Morgan fingerprint density at radius 1 is 1.18 bits per heavy atom. The molecule has 7 nitrogen and oxygen atoms in total. The first-order valence-corrected chi connectivity index (χ1v) is 11.8. The van der Waals surface area contributed by atoms with Crippen LogP contribution in [-0.4, -0.2) is 32.6 Å². The number of hydrogen-bond donors (Lipinski definition) is 3. The van der Waals surface area contributed by atoms with Gasteiger partial charge in [-0.25, -0.2) is 4.79 Å². The summed E-state index contributed by atoms with van der Waals surface area (Å²) < 4.78 is 11.0. The number of nitrogens with one attached hydrogen (secondary N) is 3. The van der Waals surface area contributed by atoms with Crippen LogP contribution in [0.5, 0.6) is 11.5 Å². The van der Waals surface area contributed by atoms with E-state index in [0.717, 1.165) is 35.6 Å². The largest absolute Gasteiger partial charge is 0.493 e. The molecule has 0 spiro atoms. The zero-order chi connectivity index (χ0) is 23.1. The zero-order valence-corrected chi connectivity index (χ0v) is 19.7. The maximum Gasteiger partial charge on any atom is 0.345 e. The lowest BCUT2D eigenvalue weighted by atomic mass is 10.0. The topological polar surface area (TPSA) is 81.1 Å². The molecule has 0 saturated carbocycles. The summed E-state index contributed by atoms with van der Waals surface area (Å²) in [4.78, 5) is 28.3. The molecule has 0 radical (unpaired) electrons. The summed E-state index contributed by atoms with van der Waals surface area (Å²) in [5, 5.41) is 7.72. The molecule has 1 amide bonds. The first kappa shape index (κ1) is 21.8. The minimum atomic E-state index is -0.573. The van der Waals surface area contributed by atoms with E-state index in [-0.39, 0.29) is 17.2 Å². The van der Waals surface area contributed by atoms with Gasteiger partial charge >= 0.3 is 5.97 Å². The van der Waals surface area contributed by atoms with E-state index in [1.807, 2.05) is 0 Å². The summed E-state index contributed by atoms with van der Waals surface area (Å²) in [6.07, 6.45) is 0.490. The molecule has 2 aromatic carbocycles.